The van der Waals surface area contributed by atoms with Crippen LogP contribution < -0.4 is 0 Å². The molecule has 0 bridgehead atoms. The van der Waals surface area contributed by atoms with Gasteiger partial charge in [0.2, 0.25) is 5.60 Å². The number of aliphatic hydroxyl groups is 1. The van der Waals surface area contributed by atoms with Crippen LogP contribution in [-0.4, -0.2) is 65.5 Å². The summed E-state index contributed by atoms with van der Waals surface area (Å²) < 4.78 is 4.57. The van der Waals surface area contributed by atoms with Crippen molar-refractivity contribution in [2.24, 2.45) is 0 Å². The maximum absolute atomic E-state index is 12.1. The second kappa shape index (κ2) is 10.1. The Labute approximate surface area is 153 Å². The van der Waals surface area contributed by atoms with Crippen LogP contribution in [0.1, 0.15) is 51.4 Å². The number of likely N-dealkylation sites (N-methyl/N-ethyl adjacent to an activating group) is 2. The third-order valence-corrected chi connectivity index (χ3v) is 4.45. The number of imide groups is 2. The minimum Gasteiger partial charge on any atom is -0.469 e. The zero-order valence-electron chi connectivity index (χ0n) is 15.7. The van der Waals surface area contributed by atoms with E-state index in [1.54, 1.807) is 6.08 Å². The molecule has 8 nitrogen and oxygen atoms in total. The smallest absolute Gasteiger partial charge is 0.333 e. The zero-order valence-corrected chi connectivity index (χ0v) is 15.7. The van der Waals surface area contributed by atoms with E-state index in [4.69, 9.17) is 0 Å². The molecule has 1 N–H and O–H groups in total. The predicted molar refractivity (Wildman–Crippen MR) is 94.0 cm³/mol. The highest BCUT2D eigenvalue weighted by molar-refractivity contribution is 6.21. The van der Waals surface area contributed by atoms with Crippen molar-refractivity contribution in [3.63, 3.8) is 0 Å². The van der Waals surface area contributed by atoms with E-state index in [0.29, 0.717) is 6.42 Å². The molecule has 0 aromatic heterocycles. The summed E-state index contributed by atoms with van der Waals surface area (Å²) in [4.78, 5) is 48.3. The third-order valence-electron chi connectivity index (χ3n) is 4.45. The Hall–Kier alpha value is -2.22. The highest BCUT2D eigenvalue weighted by Crippen LogP contribution is 2.23. The number of methoxy groups -OCH3 is 1. The van der Waals surface area contributed by atoms with Gasteiger partial charge >= 0.3 is 12.0 Å². The van der Waals surface area contributed by atoms with Crippen LogP contribution in [0.5, 0.6) is 0 Å². The lowest BCUT2D eigenvalue weighted by atomic mass is 9.93. The number of ether oxygens (including phenoxy) is 1. The van der Waals surface area contributed by atoms with Crippen molar-refractivity contribution in [3.8, 4) is 0 Å². The number of allylic oxidation sites excluding steroid dienone is 1. The number of carbonyl (C=O) groups is 4. The summed E-state index contributed by atoms with van der Waals surface area (Å²) in [5.74, 6) is -1.99. The third kappa shape index (κ3) is 5.39. The number of unbranched alkanes of at least 4 members (excludes halogenated alkanes) is 5. The lowest BCUT2D eigenvalue weighted by Crippen LogP contribution is -2.66. The summed E-state index contributed by atoms with van der Waals surface area (Å²) in [6, 6.07) is -0.749. The molecule has 0 aliphatic carbocycles. The Morgan fingerprint density at radius 2 is 1.54 bits per heavy atom. The number of rotatable bonds is 10. The van der Waals surface area contributed by atoms with Crippen LogP contribution in [0.25, 0.3) is 0 Å². The van der Waals surface area contributed by atoms with Gasteiger partial charge in [-0.3, -0.25) is 24.2 Å². The number of carbonyl (C=O) groups excluding carboxylic acids is 4. The Morgan fingerprint density at radius 3 is 2.12 bits per heavy atom. The van der Waals surface area contributed by atoms with Gasteiger partial charge in [0.15, 0.2) is 0 Å². The molecular formula is C18H28N2O6. The zero-order chi connectivity index (χ0) is 19.7. The Kier molecular flexibility index (Phi) is 8.44. The van der Waals surface area contributed by atoms with Gasteiger partial charge in [-0.25, -0.2) is 4.79 Å². The average Bonchev–Trinajstić information content (AvgIpc) is 2.64. The molecule has 1 saturated heterocycles. The van der Waals surface area contributed by atoms with Gasteiger partial charge in [-0.2, -0.15) is 0 Å². The van der Waals surface area contributed by atoms with Crippen molar-refractivity contribution in [1.82, 2.24) is 9.80 Å². The predicted octanol–water partition coefficient (Wildman–Crippen LogP) is 1.62. The minimum absolute atomic E-state index is 0.161. The van der Waals surface area contributed by atoms with Crippen molar-refractivity contribution in [2.75, 3.05) is 21.2 Å². The molecule has 1 heterocycles. The fourth-order valence-corrected chi connectivity index (χ4v) is 2.76. The van der Waals surface area contributed by atoms with Gasteiger partial charge in [0.05, 0.1) is 7.11 Å². The number of urea groups is 1. The summed E-state index contributed by atoms with van der Waals surface area (Å²) in [6.07, 6.45) is 9.22. The van der Waals surface area contributed by atoms with Gasteiger partial charge in [0, 0.05) is 26.9 Å². The van der Waals surface area contributed by atoms with Crippen molar-refractivity contribution in [2.45, 2.75) is 57.0 Å². The monoisotopic (exact) mass is 368 g/mol. The van der Waals surface area contributed by atoms with Gasteiger partial charge in [-0.1, -0.05) is 31.4 Å². The first-order valence-corrected chi connectivity index (χ1v) is 8.80. The lowest BCUT2D eigenvalue weighted by Gasteiger charge is -2.37. The van der Waals surface area contributed by atoms with Crippen molar-refractivity contribution >= 4 is 23.8 Å². The molecule has 0 atom stereocenters. The van der Waals surface area contributed by atoms with Crippen molar-refractivity contribution < 1.29 is 29.0 Å². The topological polar surface area (TPSA) is 104 Å². The fourth-order valence-electron chi connectivity index (χ4n) is 2.76. The number of amides is 4. The van der Waals surface area contributed by atoms with E-state index in [0.717, 1.165) is 48.3 Å². The number of barbiturate groups is 1. The highest BCUT2D eigenvalue weighted by Gasteiger charge is 2.53. The molecule has 0 saturated carbocycles. The second-order valence-electron chi connectivity index (χ2n) is 6.43. The number of hydrogen-bond donors (Lipinski definition) is 1. The van der Waals surface area contributed by atoms with E-state index in [9.17, 15) is 24.3 Å². The highest BCUT2D eigenvalue weighted by atomic mass is 16.5. The molecule has 1 rings (SSSR count). The first kappa shape index (κ1) is 21.8. The summed E-state index contributed by atoms with van der Waals surface area (Å²) in [5.41, 5.74) is -2.22. The molecule has 0 aromatic rings. The molecule has 26 heavy (non-hydrogen) atoms. The molecule has 0 unspecified atom stereocenters. The normalized spacial score (nSPS) is 17.3. The molecule has 1 aliphatic heterocycles. The molecule has 8 heteroatoms. The van der Waals surface area contributed by atoms with E-state index in [-0.39, 0.29) is 12.4 Å². The van der Waals surface area contributed by atoms with Gasteiger partial charge < -0.3 is 9.84 Å². The first-order valence-electron chi connectivity index (χ1n) is 8.80. The summed E-state index contributed by atoms with van der Waals surface area (Å²) in [5, 5.41) is 10.4. The van der Waals surface area contributed by atoms with Crippen LogP contribution in [-0.2, 0) is 19.1 Å². The SMILES string of the molecule is COC(=O)CCCCCCC/C=C/CC1(O)C(=O)N(C)C(=O)N(C)C1=O. The van der Waals surface area contributed by atoms with Crippen LogP contribution in [0.15, 0.2) is 12.2 Å². The van der Waals surface area contributed by atoms with Crippen LogP contribution >= 0.6 is 0 Å². The average molecular weight is 368 g/mol. The van der Waals surface area contributed by atoms with E-state index in [1.807, 2.05) is 6.08 Å². The molecule has 1 fully saturated rings. The number of nitrogens with zero attached hydrogens (tertiary/aromatic N) is 2. The van der Waals surface area contributed by atoms with Gasteiger partial charge in [-0.15, -0.1) is 0 Å². The first-order chi connectivity index (χ1) is 12.3. The standard InChI is InChI=1S/C18H28N2O6/c1-19-15(22)18(25,16(23)20(2)17(19)24)13-11-9-7-5-4-6-8-10-12-14(21)26-3/h9,11,25H,4-8,10,12-13H2,1-3H3/b11-9+. The Balaban J connectivity index is 2.30. The Morgan fingerprint density at radius 1 is 1.00 bits per heavy atom. The molecular weight excluding hydrogens is 340 g/mol. The van der Waals surface area contributed by atoms with E-state index in [2.05, 4.69) is 4.74 Å². The summed E-state index contributed by atoms with van der Waals surface area (Å²) >= 11 is 0. The van der Waals surface area contributed by atoms with Crippen molar-refractivity contribution in [3.05, 3.63) is 12.2 Å². The summed E-state index contributed by atoms with van der Waals surface area (Å²) in [6.45, 7) is 0. The van der Waals surface area contributed by atoms with E-state index in [1.165, 1.54) is 21.2 Å². The van der Waals surface area contributed by atoms with Gasteiger partial charge in [-0.05, 0) is 19.3 Å². The molecule has 0 spiro atoms. The van der Waals surface area contributed by atoms with Gasteiger partial charge in [0.25, 0.3) is 11.8 Å². The molecule has 4 amide bonds. The minimum atomic E-state index is -2.22. The molecule has 0 radical (unpaired) electrons. The quantitative estimate of drug-likeness (QED) is 0.272. The van der Waals surface area contributed by atoms with E-state index >= 15 is 0 Å². The molecule has 1 aliphatic rings. The largest absolute Gasteiger partial charge is 0.469 e. The van der Waals surface area contributed by atoms with Gasteiger partial charge in [0.1, 0.15) is 0 Å². The van der Waals surface area contributed by atoms with Crippen LogP contribution in [0.2, 0.25) is 0 Å². The van der Waals surface area contributed by atoms with Crippen LogP contribution in [0, 0.1) is 0 Å². The van der Waals surface area contributed by atoms with E-state index < -0.39 is 23.4 Å². The molecule has 146 valence electrons. The Bertz CT molecular complexity index is 548. The maximum atomic E-state index is 12.1. The number of hydrogen-bond acceptors (Lipinski definition) is 6. The maximum Gasteiger partial charge on any atom is 0.333 e. The number of esters is 1. The van der Waals surface area contributed by atoms with Crippen LogP contribution in [0.3, 0.4) is 0 Å². The second-order valence-corrected chi connectivity index (χ2v) is 6.43. The lowest BCUT2D eigenvalue weighted by molar-refractivity contribution is -0.167. The van der Waals surface area contributed by atoms with Crippen LogP contribution in [0.4, 0.5) is 4.79 Å². The summed E-state index contributed by atoms with van der Waals surface area (Å²) in [7, 11) is 3.86. The molecule has 0 aromatic carbocycles. The van der Waals surface area contributed by atoms with Crippen molar-refractivity contribution in [1.29, 1.82) is 0 Å². The fraction of sp³-hybridized carbons (Fsp3) is 0.667.